The SMILES string of the molecule is CC(C(=O)Nc1cccc(C(N)=S)c1)N(C)C1CC1. The summed E-state index contributed by atoms with van der Waals surface area (Å²) in [4.78, 5) is 14.6. The Bertz CT molecular complexity index is 499. The molecule has 1 atom stereocenters. The minimum atomic E-state index is -0.138. The van der Waals surface area contributed by atoms with Crippen molar-refractivity contribution in [2.75, 3.05) is 12.4 Å². The molecule has 4 nitrogen and oxygen atoms in total. The van der Waals surface area contributed by atoms with Gasteiger partial charge in [-0.25, -0.2) is 0 Å². The van der Waals surface area contributed by atoms with Gasteiger partial charge in [-0.05, 0) is 38.9 Å². The number of nitrogens with one attached hydrogen (secondary N) is 1. The summed E-state index contributed by atoms with van der Waals surface area (Å²) >= 11 is 4.93. The maximum absolute atomic E-state index is 12.2. The van der Waals surface area contributed by atoms with Crippen LogP contribution in [0.3, 0.4) is 0 Å². The number of thiocarbonyl (C=S) groups is 1. The fraction of sp³-hybridized carbons (Fsp3) is 0.429. The molecular weight excluding hydrogens is 258 g/mol. The Kier molecular flexibility index (Phi) is 4.17. The van der Waals surface area contributed by atoms with Crippen molar-refractivity contribution in [3.63, 3.8) is 0 Å². The highest BCUT2D eigenvalue weighted by molar-refractivity contribution is 7.80. The van der Waals surface area contributed by atoms with E-state index in [-0.39, 0.29) is 11.9 Å². The molecule has 0 spiro atoms. The third-order valence-electron chi connectivity index (χ3n) is 3.53. The largest absolute Gasteiger partial charge is 0.389 e. The summed E-state index contributed by atoms with van der Waals surface area (Å²) in [5.74, 6) is -0.00510. The standard InChI is InChI=1S/C14H19N3OS/c1-9(17(2)12-6-7-12)14(18)16-11-5-3-4-10(8-11)13(15)19/h3-5,8-9,12H,6-7H2,1-2H3,(H2,15,19)(H,16,18). The van der Waals surface area contributed by atoms with E-state index in [2.05, 4.69) is 10.2 Å². The Balaban J connectivity index is 2.01. The molecule has 1 aliphatic rings. The van der Waals surface area contributed by atoms with Crippen molar-refractivity contribution in [2.24, 2.45) is 5.73 Å². The third-order valence-corrected chi connectivity index (χ3v) is 3.76. The first-order valence-corrected chi connectivity index (χ1v) is 6.82. The fourth-order valence-corrected chi connectivity index (χ4v) is 2.11. The van der Waals surface area contributed by atoms with Crippen LogP contribution in [0.4, 0.5) is 5.69 Å². The van der Waals surface area contributed by atoms with Gasteiger partial charge in [-0.3, -0.25) is 9.69 Å². The first kappa shape index (κ1) is 14.0. The number of amides is 1. The number of nitrogens with zero attached hydrogens (tertiary/aromatic N) is 1. The quantitative estimate of drug-likeness (QED) is 0.805. The first-order valence-electron chi connectivity index (χ1n) is 6.41. The van der Waals surface area contributed by atoms with E-state index < -0.39 is 0 Å². The summed E-state index contributed by atoms with van der Waals surface area (Å²) < 4.78 is 0. The molecule has 3 N–H and O–H groups in total. The van der Waals surface area contributed by atoms with Crippen molar-refractivity contribution in [1.82, 2.24) is 4.90 Å². The zero-order chi connectivity index (χ0) is 14.0. The highest BCUT2D eigenvalue weighted by atomic mass is 32.1. The second-order valence-corrected chi connectivity index (χ2v) is 5.45. The predicted octanol–water partition coefficient (Wildman–Crippen LogP) is 1.74. The number of benzene rings is 1. The van der Waals surface area contributed by atoms with E-state index >= 15 is 0 Å². The number of anilines is 1. The van der Waals surface area contributed by atoms with Gasteiger partial charge < -0.3 is 11.1 Å². The zero-order valence-corrected chi connectivity index (χ0v) is 12.0. The van der Waals surface area contributed by atoms with Crippen molar-refractivity contribution in [3.8, 4) is 0 Å². The Morgan fingerprint density at radius 2 is 2.21 bits per heavy atom. The third kappa shape index (κ3) is 3.52. The van der Waals surface area contributed by atoms with E-state index in [1.807, 2.05) is 32.2 Å². The average Bonchev–Trinajstić information content (AvgIpc) is 3.21. The van der Waals surface area contributed by atoms with Gasteiger partial charge in [0.15, 0.2) is 0 Å². The summed E-state index contributed by atoms with van der Waals surface area (Å²) in [7, 11) is 1.99. The van der Waals surface area contributed by atoms with Gasteiger partial charge in [0.1, 0.15) is 4.99 Å². The molecule has 0 saturated heterocycles. The Morgan fingerprint density at radius 1 is 1.53 bits per heavy atom. The Morgan fingerprint density at radius 3 is 2.79 bits per heavy atom. The van der Waals surface area contributed by atoms with Crippen molar-refractivity contribution < 1.29 is 4.79 Å². The number of hydrogen-bond acceptors (Lipinski definition) is 3. The summed E-state index contributed by atoms with van der Waals surface area (Å²) in [6, 6.07) is 7.72. The highest BCUT2D eigenvalue weighted by Crippen LogP contribution is 2.27. The van der Waals surface area contributed by atoms with Crippen LogP contribution in [0.1, 0.15) is 25.3 Å². The molecule has 1 aromatic rings. The average molecular weight is 277 g/mol. The molecule has 5 heteroatoms. The van der Waals surface area contributed by atoms with E-state index in [1.165, 1.54) is 12.8 Å². The number of rotatable bonds is 5. The number of likely N-dealkylation sites (N-methyl/N-ethyl adjacent to an activating group) is 1. The van der Waals surface area contributed by atoms with E-state index in [4.69, 9.17) is 18.0 Å². The van der Waals surface area contributed by atoms with Gasteiger partial charge in [0.2, 0.25) is 5.91 Å². The van der Waals surface area contributed by atoms with Crippen molar-refractivity contribution in [3.05, 3.63) is 29.8 Å². The molecule has 0 radical (unpaired) electrons. The van der Waals surface area contributed by atoms with E-state index in [0.29, 0.717) is 11.0 Å². The lowest BCUT2D eigenvalue weighted by atomic mass is 10.2. The van der Waals surface area contributed by atoms with Crippen LogP contribution in [0.5, 0.6) is 0 Å². The van der Waals surface area contributed by atoms with Crippen LogP contribution in [0, 0.1) is 0 Å². The van der Waals surface area contributed by atoms with Crippen molar-refractivity contribution in [1.29, 1.82) is 0 Å². The molecule has 1 aliphatic carbocycles. The van der Waals surface area contributed by atoms with Gasteiger partial charge in [-0.1, -0.05) is 24.4 Å². The van der Waals surface area contributed by atoms with Crippen LogP contribution in [0.2, 0.25) is 0 Å². The van der Waals surface area contributed by atoms with Crippen LogP contribution in [-0.4, -0.2) is 34.9 Å². The molecule has 1 unspecified atom stereocenters. The second kappa shape index (κ2) is 5.67. The molecular formula is C14H19N3OS. The molecule has 1 aromatic carbocycles. The fourth-order valence-electron chi connectivity index (χ4n) is 1.98. The molecule has 2 rings (SSSR count). The highest BCUT2D eigenvalue weighted by Gasteiger charge is 2.32. The van der Waals surface area contributed by atoms with Crippen LogP contribution in [0.15, 0.2) is 24.3 Å². The van der Waals surface area contributed by atoms with Crippen LogP contribution >= 0.6 is 12.2 Å². The first-order chi connectivity index (χ1) is 8.99. The normalized spacial score (nSPS) is 16.2. The lowest BCUT2D eigenvalue weighted by Crippen LogP contribution is -2.40. The molecule has 1 saturated carbocycles. The molecule has 102 valence electrons. The molecule has 0 bridgehead atoms. The molecule has 19 heavy (non-hydrogen) atoms. The number of hydrogen-bond donors (Lipinski definition) is 2. The van der Waals surface area contributed by atoms with Crippen LogP contribution < -0.4 is 11.1 Å². The lowest BCUT2D eigenvalue weighted by Gasteiger charge is -2.23. The van der Waals surface area contributed by atoms with Crippen LogP contribution in [0.25, 0.3) is 0 Å². The van der Waals surface area contributed by atoms with Gasteiger partial charge in [0, 0.05) is 17.3 Å². The van der Waals surface area contributed by atoms with Gasteiger partial charge in [0.25, 0.3) is 0 Å². The van der Waals surface area contributed by atoms with E-state index in [1.54, 1.807) is 6.07 Å². The van der Waals surface area contributed by atoms with Gasteiger partial charge in [-0.2, -0.15) is 0 Å². The molecule has 0 aromatic heterocycles. The predicted molar refractivity (Wildman–Crippen MR) is 81.2 cm³/mol. The van der Waals surface area contributed by atoms with Gasteiger partial charge in [-0.15, -0.1) is 0 Å². The Labute approximate surface area is 119 Å². The van der Waals surface area contributed by atoms with E-state index in [0.717, 1.165) is 11.3 Å². The lowest BCUT2D eigenvalue weighted by molar-refractivity contribution is -0.120. The number of carbonyl (C=O) groups is 1. The molecule has 0 aliphatic heterocycles. The number of nitrogens with two attached hydrogens (primary N) is 1. The summed E-state index contributed by atoms with van der Waals surface area (Å²) in [6.07, 6.45) is 2.37. The second-order valence-electron chi connectivity index (χ2n) is 5.01. The maximum Gasteiger partial charge on any atom is 0.241 e. The van der Waals surface area contributed by atoms with Gasteiger partial charge >= 0.3 is 0 Å². The van der Waals surface area contributed by atoms with Gasteiger partial charge in [0.05, 0.1) is 6.04 Å². The maximum atomic E-state index is 12.2. The van der Waals surface area contributed by atoms with Crippen LogP contribution in [-0.2, 0) is 4.79 Å². The molecule has 1 fully saturated rings. The topological polar surface area (TPSA) is 58.4 Å². The molecule has 1 amide bonds. The van der Waals surface area contributed by atoms with Crippen molar-refractivity contribution in [2.45, 2.75) is 31.8 Å². The Hall–Kier alpha value is -1.46. The number of carbonyl (C=O) groups excluding carboxylic acids is 1. The van der Waals surface area contributed by atoms with E-state index in [9.17, 15) is 4.79 Å². The smallest absolute Gasteiger partial charge is 0.241 e. The summed E-state index contributed by atoms with van der Waals surface area (Å²) in [5, 5.41) is 2.90. The zero-order valence-electron chi connectivity index (χ0n) is 11.2. The summed E-state index contributed by atoms with van der Waals surface area (Å²) in [5.41, 5.74) is 7.07. The summed E-state index contributed by atoms with van der Waals surface area (Å²) in [6.45, 7) is 1.92. The minimum Gasteiger partial charge on any atom is -0.389 e. The molecule has 0 heterocycles. The van der Waals surface area contributed by atoms with Crippen molar-refractivity contribution >= 4 is 28.8 Å². The minimum absolute atomic E-state index is 0.00510. The monoisotopic (exact) mass is 277 g/mol.